The van der Waals surface area contributed by atoms with Crippen LogP contribution in [0.15, 0.2) is 66.0 Å². The predicted octanol–water partition coefficient (Wildman–Crippen LogP) is 5.12. The molecule has 10 heteroatoms. The van der Waals surface area contributed by atoms with Crippen LogP contribution >= 0.6 is 11.3 Å². The molecule has 33 heavy (non-hydrogen) atoms. The van der Waals surface area contributed by atoms with Gasteiger partial charge in [-0.05, 0) is 54.8 Å². The SMILES string of the molecule is CCN(CC(=O)Nc1ccccc1C(F)(F)F)C(=O)c1ccc(NC(=O)c2cccs2)cc1. The quantitative estimate of drug-likeness (QED) is 0.498. The standard InChI is InChI=1S/C23H20F3N3O3S/c1-2-29(14-20(30)28-18-7-4-3-6-17(18)23(24,25)26)22(32)15-9-11-16(12-10-15)27-21(31)19-8-5-13-33-19/h3-13H,2,14H2,1H3,(H,27,31)(H,28,30). The first kappa shape index (κ1) is 24.0. The van der Waals surface area contributed by atoms with E-state index in [1.165, 1.54) is 40.5 Å². The average molecular weight is 475 g/mol. The van der Waals surface area contributed by atoms with E-state index >= 15 is 0 Å². The summed E-state index contributed by atoms with van der Waals surface area (Å²) >= 11 is 1.30. The molecule has 0 spiro atoms. The lowest BCUT2D eigenvalue weighted by Gasteiger charge is -2.21. The van der Waals surface area contributed by atoms with Crippen LogP contribution in [-0.4, -0.2) is 35.7 Å². The fourth-order valence-electron chi connectivity index (χ4n) is 3.01. The van der Waals surface area contributed by atoms with Gasteiger partial charge in [0.05, 0.1) is 16.1 Å². The number of halogens is 3. The molecule has 3 rings (SSSR count). The molecule has 172 valence electrons. The summed E-state index contributed by atoms with van der Waals surface area (Å²) in [6, 6.07) is 14.2. The maximum atomic E-state index is 13.1. The van der Waals surface area contributed by atoms with Crippen molar-refractivity contribution in [2.75, 3.05) is 23.7 Å². The number of likely N-dealkylation sites (N-methyl/N-ethyl adjacent to an activating group) is 1. The van der Waals surface area contributed by atoms with Gasteiger partial charge in [-0.2, -0.15) is 13.2 Å². The zero-order valence-corrected chi connectivity index (χ0v) is 18.3. The van der Waals surface area contributed by atoms with Crippen molar-refractivity contribution in [1.82, 2.24) is 4.90 Å². The summed E-state index contributed by atoms with van der Waals surface area (Å²) < 4.78 is 39.4. The molecule has 0 aliphatic carbocycles. The third-order valence-electron chi connectivity index (χ3n) is 4.64. The van der Waals surface area contributed by atoms with Crippen LogP contribution in [0.25, 0.3) is 0 Å². The van der Waals surface area contributed by atoms with Crippen LogP contribution in [0.5, 0.6) is 0 Å². The van der Waals surface area contributed by atoms with Gasteiger partial charge in [0.2, 0.25) is 5.91 Å². The minimum Gasteiger partial charge on any atom is -0.330 e. The normalized spacial score (nSPS) is 11.0. The maximum Gasteiger partial charge on any atom is 0.418 e. The van der Waals surface area contributed by atoms with Gasteiger partial charge in [0.25, 0.3) is 11.8 Å². The third kappa shape index (κ3) is 6.19. The summed E-state index contributed by atoms with van der Waals surface area (Å²) in [4.78, 5) is 39.0. The molecule has 6 nitrogen and oxygen atoms in total. The first-order valence-electron chi connectivity index (χ1n) is 9.89. The monoisotopic (exact) mass is 475 g/mol. The van der Waals surface area contributed by atoms with Gasteiger partial charge < -0.3 is 15.5 Å². The fraction of sp³-hybridized carbons (Fsp3) is 0.174. The second-order valence-corrected chi connectivity index (χ2v) is 7.87. The second-order valence-electron chi connectivity index (χ2n) is 6.92. The van der Waals surface area contributed by atoms with Crippen molar-refractivity contribution in [1.29, 1.82) is 0 Å². The van der Waals surface area contributed by atoms with E-state index in [9.17, 15) is 27.6 Å². The molecular weight excluding hydrogens is 455 g/mol. The van der Waals surface area contributed by atoms with E-state index in [0.717, 1.165) is 12.1 Å². The molecule has 2 aromatic carbocycles. The fourth-order valence-corrected chi connectivity index (χ4v) is 3.63. The van der Waals surface area contributed by atoms with Crippen LogP contribution in [0.4, 0.5) is 24.5 Å². The summed E-state index contributed by atoms with van der Waals surface area (Å²) in [5, 5.41) is 6.74. The minimum absolute atomic E-state index is 0.171. The smallest absolute Gasteiger partial charge is 0.330 e. The van der Waals surface area contributed by atoms with Crippen LogP contribution in [0, 0.1) is 0 Å². The number of amides is 3. The predicted molar refractivity (Wildman–Crippen MR) is 120 cm³/mol. The van der Waals surface area contributed by atoms with E-state index < -0.39 is 30.1 Å². The number of alkyl halides is 3. The van der Waals surface area contributed by atoms with Crippen molar-refractivity contribution < 1.29 is 27.6 Å². The second kappa shape index (κ2) is 10.3. The van der Waals surface area contributed by atoms with Crippen molar-refractivity contribution in [2.24, 2.45) is 0 Å². The molecular formula is C23H20F3N3O3S. The Morgan fingerprint density at radius 2 is 1.64 bits per heavy atom. The minimum atomic E-state index is -4.62. The molecule has 0 saturated heterocycles. The number of hydrogen-bond acceptors (Lipinski definition) is 4. The van der Waals surface area contributed by atoms with Gasteiger partial charge in [0, 0.05) is 17.8 Å². The molecule has 1 aromatic heterocycles. The Morgan fingerprint density at radius 3 is 2.24 bits per heavy atom. The Morgan fingerprint density at radius 1 is 0.939 bits per heavy atom. The molecule has 0 radical (unpaired) electrons. The Labute approximate surface area is 192 Å². The molecule has 0 aliphatic rings. The van der Waals surface area contributed by atoms with Crippen molar-refractivity contribution in [3.8, 4) is 0 Å². The molecule has 1 heterocycles. The summed E-state index contributed by atoms with van der Waals surface area (Å²) in [6.45, 7) is 1.41. The van der Waals surface area contributed by atoms with Crippen LogP contribution in [0.3, 0.4) is 0 Å². The lowest BCUT2D eigenvalue weighted by Crippen LogP contribution is -2.38. The van der Waals surface area contributed by atoms with Gasteiger partial charge in [-0.15, -0.1) is 11.3 Å². The average Bonchev–Trinajstić information content (AvgIpc) is 3.32. The number of benzene rings is 2. The Bertz CT molecular complexity index is 1130. The van der Waals surface area contributed by atoms with E-state index in [0.29, 0.717) is 10.6 Å². The Balaban J connectivity index is 1.64. The highest BCUT2D eigenvalue weighted by atomic mass is 32.1. The zero-order valence-electron chi connectivity index (χ0n) is 17.5. The van der Waals surface area contributed by atoms with Gasteiger partial charge in [0.15, 0.2) is 0 Å². The largest absolute Gasteiger partial charge is 0.418 e. The zero-order chi connectivity index (χ0) is 24.0. The number of thiophene rings is 1. The molecule has 2 N–H and O–H groups in total. The van der Waals surface area contributed by atoms with Crippen molar-refractivity contribution in [3.05, 3.63) is 82.0 Å². The highest BCUT2D eigenvalue weighted by molar-refractivity contribution is 7.12. The lowest BCUT2D eigenvalue weighted by atomic mass is 10.1. The van der Waals surface area contributed by atoms with Gasteiger partial charge in [-0.3, -0.25) is 14.4 Å². The van der Waals surface area contributed by atoms with Crippen LogP contribution in [0.2, 0.25) is 0 Å². The lowest BCUT2D eigenvalue weighted by molar-refractivity contribution is -0.137. The number of carbonyl (C=O) groups excluding carboxylic acids is 3. The van der Waals surface area contributed by atoms with Crippen LogP contribution < -0.4 is 10.6 Å². The van der Waals surface area contributed by atoms with E-state index in [4.69, 9.17) is 0 Å². The number of nitrogens with one attached hydrogen (secondary N) is 2. The number of nitrogens with zero attached hydrogens (tertiary/aromatic N) is 1. The molecule has 3 aromatic rings. The Kier molecular flexibility index (Phi) is 7.49. The van der Waals surface area contributed by atoms with Crippen LogP contribution in [0.1, 0.15) is 32.5 Å². The molecule has 0 atom stereocenters. The van der Waals surface area contributed by atoms with Crippen molar-refractivity contribution in [2.45, 2.75) is 13.1 Å². The third-order valence-corrected chi connectivity index (χ3v) is 5.51. The summed E-state index contributed by atoms with van der Waals surface area (Å²) in [5.41, 5.74) is -0.568. The van der Waals surface area contributed by atoms with E-state index in [1.54, 1.807) is 36.6 Å². The summed E-state index contributed by atoms with van der Waals surface area (Å²) in [6.07, 6.45) is -4.62. The highest BCUT2D eigenvalue weighted by Crippen LogP contribution is 2.34. The molecule has 0 aliphatic heterocycles. The van der Waals surface area contributed by atoms with E-state index in [1.807, 2.05) is 0 Å². The van der Waals surface area contributed by atoms with Crippen molar-refractivity contribution in [3.63, 3.8) is 0 Å². The number of hydrogen-bond donors (Lipinski definition) is 2. The van der Waals surface area contributed by atoms with Gasteiger partial charge in [0.1, 0.15) is 6.54 Å². The van der Waals surface area contributed by atoms with Crippen molar-refractivity contribution >= 4 is 40.4 Å². The first-order chi connectivity index (χ1) is 15.7. The van der Waals surface area contributed by atoms with Gasteiger partial charge in [-0.1, -0.05) is 18.2 Å². The maximum absolute atomic E-state index is 13.1. The number of rotatable bonds is 7. The van der Waals surface area contributed by atoms with E-state index in [-0.39, 0.29) is 23.7 Å². The van der Waals surface area contributed by atoms with Gasteiger partial charge >= 0.3 is 6.18 Å². The molecule has 3 amide bonds. The molecule has 0 saturated carbocycles. The van der Waals surface area contributed by atoms with Gasteiger partial charge in [-0.25, -0.2) is 0 Å². The summed E-state index contributed by atoms with van der Waals surface area (Å²) in [7, 11) is 0. The Hall–Kier alpha value is -3.66. The first-order valence-corrected chi connectivity index (χ1v) is 10.8. The topological polar surface area (TPSA) is 78.5 Å². The number of para-hydroxylation sites is 1. The molecule has 0 unspecified atom stereocenters. The molecule has 0 fully saturated rings. The number of carbonyl (C=O) groups is 3. The van der Waals surface area contributed by atoms with E-state index in [2.05, 4.69) is 10.6 Å². The summed E-state index contributed by atoms with van der Waals surface area (Å²) in [5.74, 6) is -1.48. The number of anilines is 2. The highest BCUT2D eigenvalue weighted by Gasteiger charge is 2.33. The van der Waals surface area contributed by atoms with Crippen LogP contribution in [-0.2, 0) is 11.0 Å². The molecule has 0 bridgehead atoms.